The molecule has 0 saturated carbocycles. The van der Waals surface area contributed by atoms with Crippen molar-refractivity contribution in [1.29, 1.82) is 0 Å². The molecule has 5 aliphatic rings. The zero-order valence-electron chi connectivity index (χ0n) is 45.4. The second-order valence-electron chi connectivity index (χ2n) is 22.9. The Balaban J connectivity index is 0.676. The number of hydrogen-bond acceptors (Lipinski definition) is 14. The average molecular weight is 1100 g/mol. The normalized spacial score (nSPS) is 21.3. The van der Waals surface area contributed by atoms with Crippen LogP contribution in [-0.4, -0.2) is 135 Å². The molecule has 5 fully saturated rings. The van der Waals surface area contributed by atoms with Crippen LogP contribution < -0.4 is 25.2 Å². The molecule has 6 atom stereocenters. The number of hydrogen-bond donors (Lipinski definition) is 4. The minimum Gasteiger partial charge on any atom is -0.508 e. The van der Waals surface area contributed by atoms with Crippen LogP contribution >= 0.6 is 0 Å². The average Bonchev–Trinajstić information content (AvgIpc) is 4.23. The lowest BCUT2D eigenvalue weighted by Gasteiger charge is -2.54. The van der Waals surface area contributed by atoms with Gasteiger partial charge in [-0.15, -0.1) is 6.42 Å². The highest BCUT2D eigenvalue weighted by atomic mass is 19.1. The summed E-state index contributed by atoms with van der Waals surface area (Å²) in [5.41, 5.74) is 3.16. The summed E-state index contributed by atoms with van der Waals surface area (Å²) in [7, 11) is 0. The van der Waals surface area contributed by atoms with Gasteiger partial charge in [-0.3, -0.25) is 19.5 Å². The Hall–Kier alpha value is -8.23. The number of terminal acetylenes is 1. The molecular formula is C62H63F2N11O6. The van der Waals surface area contributed by atoms with Crippen LogP contribution in [0.5, 0.6) is 11.8 Å². The van der Waals surface area contributed by atoms with Crippen molar-refractivity contribution in [3.8, 4) is 46.5 Å². The zero-order valence-corrected chi connectivity index (χ0v) is 45.4. The van der Waals surface area contributed by atoms with E-state index in [9.17, 15) is 19.8 Å². The van der Waals surface area contributed by atoms with E-state index in [1.54, 1.807) is 6.07 Å². The molecule has 12 rings (SSSR count). The number of fused-ring (bicyclic) bond motifs is 4. The lowest BCUT2D eigenvalue weighted by Crippen LogP contribution is -2.60. The Morgan fingerprint density at radius 2 is 1.73 bits per heavy atom. The number of piperidine rings is 1. The molecule has 7 aromatic rings. The van der Waals surface area contributed by atoms with Gasteiger partial charge >= 0.3 is 6.01 Å². The molecule has 2 unspecified atom stereocenters. The van der Waals surface area contributed by atoms with Crippen molar-refractivity contribution < 1.29 is 37.8 Å². The van der Waals surface area contributed by atoms with Crippen molar-refractivity contribution in [1.82, 2.24) is 40.5 Å². The lowest BCUT2D eigenvalue weighted by molar-refractivity contribution is -0.141. The molecular weight excluding hydrogens is 1030 g/mol. The van der Waals surface area contributed by atoms with Crippen LogP contribution in [0.25, 0.3) is 48.9 Å². The van der Waals surface area contributed by atoms with Gasteiger partial charge in [0.05, 0.1) is 29.7 Å². The lowest BCUT2D eigenvalue weighted by atomic mass is 9.72. The number of benzene rings is 4. The van der Waals surface area contributed by atoms with Gasteiger partial charge in [0, 0.05) is 86.4 Å². The molecule has 0 aliphatic carbocycles. The zero-order chi connectivity index (χ0) is 56.3. The molecule has 4 aromatic carbocycles. The van der Waals surface area contributed by atoms with Gasteiger partial charge in [-0.1, -0.05) is 79.5 Å². The number of pyridine rings is 1. The summed E-state index contributed by atoms with van der Waals surface area (Å²) in [5, 5.41) is 33.8. The van der Waals surface area contributed by atoms with Gasteiger partial charge in [-0.05, 0) is 91.9 Å². The van der Waals surface area contributed by atoms with Gasteiger partial charge in [-0.2, -0.15) is 9.97 Å². The molecule has 5 saturated heterocycles. The molecule has 17 nitrogen and oxygen atoms in total. The van der Waals surface area contributed by atoms with Crippen molar-refractivity contribution in [3.63, 3.8) is 0 Å². The van der Waals surface area contributed by atoms with Crippen LogP contribution in [-0.2, 0) is 9.59 Å². The van der Waals surface area contributed by atoms with E-state index in [0.29, 0.717) is 53.5 Å². The Morgan fingerprint density at radius 1 is 0.975 bits per heavy atom. The topological polar surface area (TPSA) is 190 Å². The Labute approximate surface area is 468 Å². The monoisotopic (exact) mass is 1100 g/mol. The molecule has 81 heavy (non-hydrogen) atoms. The summed E-state index contributed by atoms with van der Waals surface area (Å²) in [6, 6.07) is 21.8. The van der Waals surface area contributed by atoms with Gasteiger partial charge in [0.1, 0.15) is 47.2 Å². The van der Waals surface area contributed by atoms with Gasteiger partial charge in [-0.25, -0.2) is 13.6 Å². The van der Waals surface area contributed by atoms with Gasteiger partial charge in [0.2, 0.25) is 11.8 Å². The van der Waals surface area contributed by atoms with Crippen LogP contribution in [0, 0.1) is 41.9 Å². The van der Waals surface area contributed by atoms with Crippen LogP contribution in [0.15, 0.2) is 89.6 Å². The fourth-order valence-corrected chi connectivity index (χ4v) is 13.0. The van der Waals surface area contributed by atoms with Crippen LogP contribution in [0.1, 0.15) is 81.7 Å². The number of piperazine rings is 1. The molecule has 2 bridgehead atoms. The first-order chi connectivity index (χ1) is 39.2. The number of rotatable bonds is 14. The number of aromatic hydroxyl groups is 1. The van der Waals surface area contributed by atoms with Crippen LogP contribution in [0.4, 0.5) is 26.1 Å². The maximum atomic E-state index is 17.1. The number of carbonyl (C=O) groups is 2. The van der Waals surface area contributed by atoms with Crippen molar-refractivity contribution in [2.75, 3.05) is 68.8 Å². The number of carbonyl (C=O) groups excluding carboxylic acids is 2. The molecule has 5 aliphatic heterocycles. The molecule has 2 amide bonds. The molecule has 1 spiro atoms. The van der Waals surface area contributed by atoms with Crippen LogP contribution in [0.2, 0.25) is 0 Å². The quantitative estimate of drug-likeness (QED) is 0.0599. The van der Waals surface area contributed by atoms with E-state index in [-0.39, 0.29) is 100 Å². The Morgan fingerprint density at radius 3 is 2.46 bits per heavy atom. The van der Waals surface area contributed by atoms with E-state index in [0.717, 1.165) is 68.6 Å². The highest BCUT2D eigenvalue weighted by Crippen LogP contribution is 2.44. The van der Waals surface area contributed by atoms with Crippen molar-refractivity contribution in [2.45, 2.75) is 89.1 Å². The molecule has 8 heterocycles. The third-order valence-corrected chi connectivity index (χ3v) is 17.3. The maximum Gasteiger partial charge on any atom is 0.319 e. The number of para-hydroxylation sites is 1. The molecule has 19 heteroatoms. The highest BCUT2D eigenvalue weighted by molar-refractivity contribution is 6.03. The second-order valence-corrected chi connectivity index (χ2v) is 22.9. The minimum atomic E-state index is -0.872. The largest absolute Gasteiger partial charge is 0.508 e. The number of aromatic nitrogens is 4. The van der Waals surface area contributed by atoms with Crippen molar-refractivity contribution in [3.05, 3.63) is 125 Å². The number of aliphatic hydroxyl groups is 1. The number of nitrogens with zero attached hydrogens (tertiary/aromatic N) is 9. The number of phenols is 1. The SMILES string of the molecule is [C-]#[N+]c1ccccc1-c1ccc([C@H](C)NC(=O)[C@@H]2C[C@@H](O)CN2C(=O)[C@@H](c2cc(N3CC4(CCN(CCOc5nc(N6CC7CCC(C6)N7)c6cnc(-c7cc(O)cc8ccc(F)c(C#C)c78)c(F)c6n5)CC4)C3)no2)C(C)C)cc1. The van der Waals surface area contributed by atoms with Crippen molar-refractivity contribution >= 4 is 50.8 Å². The van der Waals surface area contributed by atoms with Crippen LogP contribution in [0.3, 0.4) is 0 Å². The smallest absolute Gasteiger partial charge is 0.319 e. The van der Waals surface area contributed by atoms with Gasteiger partial charge in [0.25, 0.3) is 0 Å². The van der Waals surface area contributed by atoms with E-state index in [1.807, 2.05) is 69.3 Å². The summed E-state index contributed by atoms with van der Waals surface area (Å²) in [6.45, 7) is 18.7. The van der Waals surface area contributed by atoms with Crippen molar-refractivity contribution in [2.24, 2.45) is 11.3 Å². The fourth-order valence-electron chi connectivity index (χ4n) is 13.0. The summed E-state index contributed by atoms with van der Waals surface area (Å²) < 4.78 is 44.4. The van der Waals surface area contributed by atoms with E-state index in [4.69, 9.17) is 27.2 Å². The summed E-state index contributed by atoms with van der Waals surface area (Å²) in [6.07, 6.45) is 10.5. The number of halogens is 2. The number of phenolic OH excluding ortho intramolecular Hbond substituents is 1. The summed E-state index contributed by atoms with van der Waals surface area (Å²) in [5.74, 6) is 0.844. The molecule has 3 aromatic heterocycles. The van der Waals surface area contributed by atoms with Gasteiger partial charge < -0.3 is 44.8 Å². The van der Waals surface area contributed by atoms with E-state index in [2.05, 4.69) is 51.2 Å². The summed E-state index contributed by atoms with van der Waals surface area (Å²) >= 11 is 0. The second kappa shape index (κ2) is 21.7. The van der Waals surface area contributed by atoms with E-state index in [1.165, 1.54) is 35.4 Å². The van der Waals surface area contributed by atoms with E-state index < -0.39 is 29.7 Å². The minimum absolute atomic E-state index is 0.00639. The molecule has 0 radical (unpaired) electrons. The first-order valence-corrected chi connectivity index (χ1v) is 27.9. The number of β-amino-alcohol motifs (C(OH)–C–C–N with tert-alkyl or cyclic N) is 1. The first kappa shape index (κ1) is 53.4. The number of amides is 2. The predicted molar refractivity (Wildman–Crippen MR) is 303 cm³/mol. The number of ether oxygens (including phenoxy) is 1. The number of nitrogens with one attached hydrogen (secondary N) is 2. The van der Waals surface area contributed by atoms with E-state index >= 15 is 8.78 Å². The third kappa shape index (κ3) is 10.2. The maximum absolute atomic E-state index is 17.1. The highest BCUT2D eigenvalue weighted by Gasteiger charge is 2.47. The third-order valence-electron chi connectivity index (χ3n) is 17.3. The fraction of sp³-hybridized carbons (Fsp3) is 0.403. The Kier molecular flexibility index (Phi) is 14.3. The predicted octanol–water partition coefficient (Wildman–Crippen LogP) is 8.52. The molecule has 416 valence electrons. The summed E-state index contributed by atoms with van der Waals surface area (Å²) in [4.78, 5) is 54.2. The number of aliphatic hydroxyl groups excluding tert-OH is 1. The number of anilines is 2. The van der Waals surface area contributed by atoms with Gasteiger partial charge in [0.15, 0.2) is 23.1 Å². The number of likely N-dealkylation sites (tertiary alicyclic amines) is 2. The molecule has 4 N–H and O–H groups in total. The standard InChI is InChI=1S/C62H63F2N11O6/c1-6-44-48(63)18-15-39-25-42(76)26-46(54(39)44)56-55(64)57-47(29-66-56)58(73-30-40-16-17-41(31-73)68-40)70-61(69-57)80-24-23-72-21-19-62(20-22-72)33-74(34-62)52-28-51(81-71-52)53(35(2)3)60(79)75-32-43(77)27-50(75)59(78)67-36(4)37-11-13-38(14-12-37)45-9-7-8-10-49(45)65-5/h1,7-15,18,25-26,28-29,35-36,40-41,43,50,53,68,76-77H,16-17,19-24,27,30-34H2,2-4H3,(H,67,78)/t36-,40?,41?,43+,50-,53+/m0/s1. The Bertz CT molecular complexity index is 3650. The first-order valence-electron chi connectivity index (χ1n) is 27.9.